The fourth-order valence-electron chi connectivity index (χ4n) is 2.63. The van der Waals surface area contributed by atoms with Crippen molar-refractivity contribution >= 4 is 6.03 Å². The van der Waals surface area contributed by atoms with Gasteiger partial charge in [-0.25, -0.2) is 4.79 Å². The largest absolute Gasteiger partial charge is 0.335 e. The molecule has 5 N–H and O–H groups in total. The normalized spacial score (nSPS) is 31.3. The van der Waals surface area contributed by atoms with Crippen molar-refractivity contribution in [1.29, 1.82) is 0 Å². The van der Waals surface area contributed by atoms with Gasteiger partial charge in [-0.2, -0.15) is 0 Å². The van der Waals surface area contributed by atoms with E-state index in [1.807, 2.05) is 4.90 Å². The van der Waals surface area contributed by atoms with Gasteiger partial charge >= 0.3 is 6.03 Å². The van der Waals surface area contributed by atoms with Gasteiger partial charge in [-0.1, -0.05) is 0 Å². The predicted molar refractivity (Wildman–Crippen MR) is 67.5 cm³/mol. The van der Waals surface area contributed by atoms with E-state index in [0.29, 0.717) is 12.1 Å². The summed E-state index contributed by atoms with van der Waals surface area (Å²) in [5.41, 5.74) is 11.7. The molecule has 0 aromatic rings. The maximum Gasteiger partial charge on any atom is 0.317 e. The first-order valence-electron chi connectivity index (χ1n) is 6.72. The molecule has 0 radical (unpaired) electrons. The third kappa shape index (κ3) is 3.57. The van der Waals surface area contributed by atoms with Crippen LogP contribution < -0.4 is 16.8 Å². The minimum atomic E-state index is 0.0809. The summed E-state index contributed by atoms with van der Waals surface area (Å²) < 4.78 is 0. The maximum absolute atomic E-state index is 12.0. The molecule has 2 rings (SSSR count). The second-order valence-electron chi connectivity index (χ2n) is 5.39. The number of hydrogen-bond donors (Lipinski definition) is 3. The third-order valence-corrected chi connectivity index (χ3v) is 3.93. The van der Waals surface area contributed by atoms with Crippen LogP contribution in [0, 0.1) is 0 Å². The van der Waals surface area contributed by atoms with E-state index in [-0.39, 0.29) is 12.1 Å². The van der Waals surface area contributed by atoms with E-state index in [1.54, 1.807) is 0 Å². The zero-order chi connectivity index (χ0) is 12.3. The summed E-state index contributed by atoms with van der Waals surface area (Å²) in [6.07, 6.45) is 5.91. The molecule has 0 bridgehead atoms. The summed E-state index contributed by atoms with van der Waals surface area (Å²) in [6, 6.07) is 0.998. The number of hydrogen-bond acceptors (Lipinski definition) is 3. The van der Waals surface area contributed by atoms with Crippen molar-refractivity contribution in [2.24, 2.45) is 11.5 Å². The Morgan fingerprint density at radius 2 is 1.47 bits per heavy atom. The highest BCUT2D eigenvalue weighted by atomic mass is 16.2. The van der Waals surface area contributed by atoms with Crippen LogP contribution >= 0.6 is 0 Å². The number of nitrogens with zero attached hydrogens (tertiary/aromatic N) is 1. The maximum atomic E-state index is 12.0. The quantitative estimate of drug-likeness (QED) is 0.620. The van der Waals surface area contributed by atoms with Gasteiger partial charge < -0.3 is 21.7 Å². The molecule has 5 heteroatoms. The summed E-state index contributed by atoms with van der Waals surface area (Å²) in [4.78, 5) is 13.9. The first-order chi connectivity index (χ1) is 8.15. The molecule has 1 heterocycles. The summed E-state index contributed by atoms with van der Waals surface area (Å²) in [5, 5.41) is 3.11. The number of likely N-dealkylation sites (tertiary alicyclic amines) is 1. The van der Waals surface area contributed by atoms with Crippen molar-refractivity contribution in [3.05, 3.63) is 0 Å². The van der Waals surface area contributed by atoms with Crippen LogP contribution in [0.25, 0.3) is 0 Å². The highest BCUT2D eigenvalue weighted by Gasteiger charge is 2.24. The fourth-order valence-corrected chi connectivity index (χ4v) is 2.63. The molecular formula is C12H24N4O. The van der Waals surface area contributed by atoms with Crippen LogP contribution in [0.15, 0.2) is 0 Å². The molecular weight excluding hydrogens is 216 g/mol. The minimum Gasteiger partial charge on any atom is -0.335 e. The van der Waals surface area contributed by atoms with Crippen LogP contribution in [-0.2, 0) is 0 Å². The average molecular weight is 240 g/mol. The molecule has 1 saturated heterocycles. The number of amides is 2. The topological polar surface area (TPSA) is 84.4 Å². The zero-order valence-electron chi connectivity index (χ0n) is 10.4. The molecule has 0 atom stereocenters. The lowest BCUT2D eigenvalue weighted by molar-refractivity contribution is 0.174. The lowest BCUT2D eigenvalue weighted by atomic mass is 9.92. The van der Waals surface area contributed by atoms with Crippen LogP contribution in [0.5, 0.6) is 0 Å². The van der Waals surface area contributed by atoms with Gasteiger partial charge in [0, 0.05) is 31.2 Å². The smallest absolute Gasteiger partial charge is 0.317 e. The summed E-state index contributed by atoms with van der Waals surface area (Å²) in [6.45, 7) is 1.58. The number of carbonyl (C=O) groups excluding carboxylic acids is 1. The van der Waals surface area contributed by atoms with Gasteiger partial charge in [0.05, 0.1) is 0 Å². The molecule has 5 nitrogen and oxygen atoms in total. The van der Waals surface area contributed by atoms with Crippen molar-refractivity contribution in [3.63, 3.8) is 0 Å². The second kappa shape index (κ2) is 5.69. The molecule has 1 aliphatic carbocycles. The minimum absolute atomic E-state index is 0.0809. The number of nitrogens with one attached hydrogen (secondary N) is 1. The lowest BCUT2D eigenvalue weighted by Crippen LogP contribution is -2.50. The molecule has 0 aromatic heterocycles. The highest BCUT2D eigenvalue weighted by Crippen LogP contribution is 2.17. The number of rotatable bonds is 1. The van der Waals surface area contributed by atoms with Gasteiger partial charge in [0.2, 0.25) is 0 Å². The van der Waals surface area contributed by atoms with E-state index < -0.39 is 0 Å². The van der Waals surface area contributed by atoms with Gasteiger partial charge in [0.25, 0.3) is 0 Å². The zero-order valence-corrected chi connectivity index (χ0v) is 10.4. The Morgan fingerprint density at radius 1 is 0.941 bits per heavy atom. The summed E-state index contributed by atoms with van der Waals surface area (Å²) in [5.74, 6) is 0. The van der Waals surface area contributed by atoms with Gasteiger partial charge in [-0.3, -0.25) is 0 Å². The van der Waals surface area contributed by atoms with E-state index >= 15 is 0 Å². The van der Waals surface area contributed by atoms with Gasteiger partial charge in [-0.15, -0.1) is 0 Å². The Bertz CT molecular complexity index is 255. The molecule has 2 aliphatic rings. The van der Waals surface area contributed by atoms with Gasteiger partial charge in [0.1, 0.15) is 0 Å². The van der Waals surface area contributed by atoms with Crippen LogP contribution in [0.1, 0.15) is 38.5 Å². The number of urea groups is 1. The number of nitrogens with two attached hydrogens (primary N) is 2. The van der Waals surface area contributed by atoms with E-state index in [1.165, 1.54) is 0 Å². The molecule has 0 unspecified atom stereocenters. The van der Waals surface area contributed by atoms with E-state index in [2.05, 4.69) is 5.32 Å². The van der Waals surface area contributed by atoms with Gasteiger partial charge in [-0.05, 0) is 38.5 Å². The number of carbonyl (C=O) groups is 1. The predicted octanol–water partition coefficient (Wildman–Crippen LogP) is 0.389. The van der Waals surface area contributed by atoms with Crippen molar-refractivity contribution in [2.45, 2.75) is 56.7 Å². The van der Waals surface area contributed by atoms with E-state index in [0.717, 1.165) is 51.6 Å². The van der Waals surface area contributed by atoms with Crippen LogP contribution in [0.3, 0.4) is 0 Å². The van der Waals surface area contributed by atoms with Crippen LogP contribution in [0.4, 0.5) is 4.79 Å². The Morgan fingerprint density at radius 3 is 2.06 bits per heavy atom. The highest BCUT2D eigenvalue weighted by molar-refractivity contribution is 5.74. The Hall–Kier alpha value is -0.810. The van der Waals surface area contributed by atoms with E-state index in [9.17, 15) is 4.79 Å². The standard InChI is InChI=1S/C12H24N4O/c13-9-1-3-11(4-2-9)15-12(17)16-7-5-10(14)6-8-16/h9-11H,1-8,13-14H2,(H,15,17). The van der Waals surface area contributed by atoms with Crippen molar-refractivity contribution in [3.8, 4) is 0 Å². The monoisotopic (exact) mass is 240 g/mol. The average Bonchev–Trinajstić information content (AvgIpc) is 2.33. The van der Waals surface area contributed by atoms with Crippen LogP contribution in [-0.4, -0.2) is 42.1 Å². The van der Waals surface area contributed by atoms with Crippen molar-refractivity contribution in [2.75, 3.05) is 13.1 Å². The first kappa shape index (κ1) is 12.6. The van der Waals surface area contributed by atoms with Crippen molar-refractivity contribution < 1.29 is 4.79 Å². The Kier molecular flexibility index (Phi) is 4.23. The second-order valence-corrected chi connectivity index (χ2v) is 5.39. The fraction of sp³-hybridized carbons (Fsp3) is 0.917. The van der Waals surface area contributed by atoms with Gasteiger partial charge in [0.15, 0.2) is 0 Å². The summed E-state index contributed by atoms with van der Waals surface area (Å²) >= 11 is 0. The molecule has 0 spiro atoms. The van der Waals surface area contributed by atoms with Crippen LogP contribution in [0.2, 0.25) is 0 Å². The first-order valence-corrected chi connectivity index (χ1v) is 6.72. The lowest BCUT2D eigenvalue weighted by Gasteiger charge is -2.33. The molecule has 98 valence electrons. The third-order valence-electron chi connectivity index (χ3n) is 3.93. The number of piperidine rings is 1. The molecule has 2 amide bonds. The molecule has 2 fully saturated rings. The van der Waals surface area contributed by atoms with E-state index in [4.69, 9.17) is 11.5 Å². The summed E-state index contributed by atoms with van der Waals surface area (Å²) in [7, 11) is 0. The Labute approximate surface area is 103 Å². The SMILES string of the molecule is NC1CCC(NC(=O)N2CCC(N)CC2)CC1. The van der Waals surface area contributed by atoms with Crippen molar-refractivity contribution in [1.82, 2.24) is 10.2 Å². The molecule has 1 saturated carbocycles. The molecule has 1 aliphatic heterocycles. The molecule has 0 aromatic carbocycles. The Balaban J connectivity index is 1.73. The molecule has 17 heavy (non-hydrogen) atoms.